The van der Waals surface area contributed by atoms with Gasteiger partial charge in [0.25, 0.3) is 0 Å². The van der Waals surface area contributed by atoms with E-state index >= 15 is 0 Å². The Bertz CT molecular complexity index is 556. The lowest BCUT2D eigenvalue weighted by molar-refractivity contribution is -0.124. The van der Waals surface area contributed by atoms with E-state index in [1.165, 1.54) is 12.1 Å². The largest absolute Gasteiger partial charge is 0.465 e. The number of amides is 1. The van der Waals surface area contributed by atoms with Crippen LogP contribution in [0.4, 0.5) is 10.1 Å². The van der Waals surface area contributed by atoms with Crippen LogP contribution in [-0.4, -0.2) is 37.7 Å². The van der Waals surface area contributed by atoms with E-state index in [2.05, 4.69) is 10.1 Å². The van der Waals surface area contributed by atoms with Crippen LogP contribution < -0.4 is 11.1 Å². The number of nitrogens with one attached hydrogen (secondary N) is 1. The van der Waals surface area contributed by atoms with Gasteiger partial charge in [-0.1, -0.05) is 0 Å². The summed E-state index contributed by atoms with van der Waals surface area (Å²) in [5.41, 5.74) is 5.08. The molecule has 0 aromatic heterocycles. The number of hydrogen-bond acceptors (Lipinski definition) is 5. The van der Waals surface area contributed by atoms with Crippen molar-refractivity contribution >= 4 is 17.6 Å². The Labute approximate surface area is 121 Å². The molecule has 2 rings (SSSR count). The molecular formula is C14H17FN2O4. The number of halogens is 1. The lowest BCUT2D eigenvalue weighted by atomic mass is 9.90. The Balaban J connectivity index is 2.16. The standard InChI is InChI=1S/C14H17FN2O4/c1-20-12(18)10-8-9(2-3-11(10)15)17-13(19)14(16)4-6-21-7-5-14/h2-3,8H,4-7,16H2,1H3,(H,17,19). The average Bonchev–Trinajstić information content (AvgIpc) is 2.49. The Morgan fingerprint density at radius 1 is 1.38 bits per heavy atom. The van der Waals surface area contributed by atoms with Crippen molar-refractivity contribution in [2.45, 2.75) is 18.4 Å². The number of ether oxygens (including phenoxy) is 2. The minimum absolute atomic E-state index is 0.242. The lowest BCUT2D eigenvalue weighted by Gasteiger charge is -2.31. The van der Waals surface area contributed by atoms with Crippen molar-refractivity contribution < 1.29 is 23.5 Å². The Morgan fingerprint density at radius 3 is 2.67 bits per heavy atom. The predicted molar refractivity (Wildman–Crippen MR) is 73.3 cm³/mol. The molecule has 1 heterocycles. The zero-order chi connectivity index (χ0) is 15.5. The smallest absolute Gasteiger partial charge is 0.340 e. The summed E-state index contributed by atoms with van der Waals surface area (Å²) in [7, 11) is 1.16. The first kappa shape index (κ1) is 15.4. The lowest BCUT2D eigenvalue weighted by Crippen LogP contribution is -2.54. The van der Waals surface area contributed by atoms with Crippen molar-refractivity contribution in [3.8, 4) is 0 Å². The Hall–Kier alpha value is -1.99. The van der Waals surface area contributed by atoms with Gasteiger partial charge in [-0.25, -0.2) is 9.18 Å². The van der Waals surface area contributed by atoms with E-state index in [0.717, 1.165) is 13.2 Å². The van der Waals surface area contributed by atoms with Crippen molar-refractivity contribution in [1.29, 1.82) is 0 Å². The van der Waals surface area contributed by atoms with Crippen LogP contribution in [0.15, 0.2) is 18.2 Å². The quantitative estimate of drug-likeness (QED) is 0.814. The molecule has 1 fully saturated rings. The third-order valence-corrected chi connectivity index (χ3v) is 3.47. The van der Waals surface area contributed by atoms with Crippen molar-refractivity contribution in [2.24, 2.45) is 5.73 Å². The molecule has 114 valence electrons. The molecule has 1 aromatic rings. The van der Waals surface area contributed by atoms with E-state index in [-0.39, 0.29) is 17.2 Å². The summed E-state index contributed by atoms with van der Waals surface area (Å²) in [4.78, 5) is 23.6. The number of nitrogens with two attached hydrogens (primary N) is 1. The van der Waals surface area contributed by atoms with Crippen molar-refractivity contribution in [3.63, 3.8) is 0 Å². The minimum atomic E-state index is -1.02. The minimum Gasteiger partial charge on any atom is -0.465 e. The molecule has 0 saturated carbocycles. The number of carbonyl (C=O) groups excluding carboxylic acids is 2. The summed E-state index contributed by atoms with van der Waals surface area (Å²) in [5.74, 6) is -1.90. The molecule has 1 aliphatic rings. The van der Waals surface area contributed by atoms with Crippen molar-refractivity contribution in [1.82, 2.24) is 0 Å². The van der Waals surface area contributed by atoms with Gasteiger partial charge in [-0.2, -0.15) is 0 Å². The summed E-state index contributed by atoms with van der Waals surface area (Å²) in [6, 6.07) is 3.68. The third kappa shape index (κ3) is 3.37. The molecule has 1 aromatic carbocycles. The van der Waals surface area contributed by atoms with Crippen molar-refractivity contribution in [3.05, 3.63) is 29.6 Å². The monoisotopic (exact) mass is 296 g/mol. The first-order valence-electron chi connectivity index (χ1n) is 6.52. The number of benzene rings is 1. The highest BCUT2D eigenvalue weighted by molar-refractivity contribution is 5.99. The zero-order valence-corrected chi connectivity index (χ0v) is 11.6. The molecule has 0 aliphatic carbocycles. The number of rotatable bonds is 3. The number of anilines is 1. The molecule has 1 amide bonds. The molecule has 1 saturated heterocycles. The van der Waals surface area contributed by atoms with Gasteiger partial charge in [0.2, 0.25) is 5.91 Å². The maximum Gasteiger partial charge on any atom is 0.340 e. The van der Waals surface area contributed by atoms with Gasteiger partial charge >= 0.3 is 5.97 Å². The molecule has 6 nitrogen and oxygen atoms in total. The number of carbonyl (C=O) groups is 2. The Kier molecular flexibility index (Phi) is 4.54. The van der Waals surface area contributed by atoms with Gasteiger partial charge in [0.15, 0.2) is 0 Å². The van der Waals surface area contributed by atoms with Gasteiger partial charge in [0, 0.05) is 18.9 Å². The molecule has 0 spiro atoms. The summed E-state index contributed by atoms with van der Waals surface area (Å²) in [6.07, 6.45) is 0.813. The molecule has 21 heavy (non-hydrogen) atoms. The van der Waals surface area contributed by atoms with Crippen LogP contribution in [0.2, 0.25) is 0 Å². The summed E-state index contributed by atoms with van der Waals surface area (Å²) in [5, 5.41) is 2.60. The van der Waals surface area contributed by atoms with Gasteiger partial charge in [0.1, 0.15) is 11.4 Å². The highest BCUT2D eigenvalue weighted by atomic mass is 19.1. The number of methoxy groups -OCH3 is 1. The highest BCUT2D eigenvalue weighted by Crippen LogP contribution is 2.21. The fraction of sp³-hybridized carbons (Fsp3) is 0.429. The van der Waals surface area contributed by atoms with Gasteiger partial charge < -0.3 is 20.5 Å². The second-order valence-corrected chi connectivity index (χ2v) is 4.91. The van der Waals surface area contributed by atoms with E-state index in [0.29, 0.717) is 26.1 Å². The van der Waals surface area contributed by atoms with E-state index < -0.39 is 17.3 Å². The molecule has 0 atom stereocenters. The summed E-state index contributed by atoms with van der Waals surface area (Å²) < 4.78 is 23.2. The molecule has 3 N–H and O–H groups in total. The summed E-state index contributed by atoms with van der Waals surface area (Å²) in [6.45, 7) is 0.835. The number of esters is 1. The molecule has 1 aliphatic heterocycles. The van der Waals surface area contributed by atoms with Gasteiger partial charge in [0.05, 0.1) is 12.7 Å². The van der Waals surface area contributed by atoms with Crippen LogP contribution in [0, 0.1) is 5.82 Å². The van der Waals surface area contributed by atoms with Crippen LogP contribution in [0.3, 0.4) is 0 Å². The predicted octanol–water partition coefficient (Wildman–Crippen LogP) is 1.06. The second kappa shape index (κ2) is 6.19. The first-order chi connectivity index (χ1) is 9.96. The maximum atomic E-state index is 13.5. The topological polar surface area (TPSA) is 90.7 Å². The van der Waals surface area contributed by atoms with Crippen molar-refractivity contribution in [2.75, 3.05) is 25.6 Å². The third-order valence-electron chi connectivity index (χ3n) is 3.47. The average molecular weight is 296 g/mol. The molecule has 7 heteroatoms. The summed E-state index contributed by atoms with van der Waals surface area (Å²) >= 11 is 0. The maximum absolute atomic E-state index is 13.5. The normalized spacial score (nSPS) is 17.1. The highest BCUT2D eigenvalue weighted by Gasteiger charge is 2.36. The van der Waals surface area contributed by atoms with Crippen LogP contribution in [-0.2, 0) is 14.3 Å². The molecule has 0 bridgehead atoms. The van der Waals surface area contributed by atoms with Crippen LogP contribution in [0.1, 0.15) is 23.2 Å². The van der Waals surface area contributed by atoms with Gasteiger partial charge in [-0.05, 0) is 31.0 Å². The van der Waals surface area contributed by atoms with E-state index in [9.17, 15) is 14.0 Å². The fourth-order valence-electron chi connectivity index (χ4n) is 2.09. The van der Waals surface area contributed by atoms with Gasteiger partial charge in [-0.15, -0.1) is 0 Å². The zero-order valence-electron chi connectivity index (χ0n) is 11.6. The second-order valence-electron chi connectivity index (χ2n) is 4.91. The van der Waals surface area contributed by atoms with Crippen LogP contribution >= 0.6 is 0 Å². The Morgan fingerprint density at radius 2 is 2.05 bits per heavy atom. The first-order valence-corrected chi connectivity index (χ1v) is 6.52. The van der Waals surface area contributed by atoms with Crippen LogP contribution in [0.25, 0.3) is 0 Å². The SMILES string of the molecule is COC(=O)c1cc(NC(=O)C2(N)CCOCC2)ccc1F. The van der Waals surface area contributed by atoms with Crippen LogP contribution in [0.5, 0.6) is 0 Å². The number of hydrogen-bond donors (Lipinski definition) is 2. The molecular weight excluding hydrogens is 279 g/mol. The molecule has 0 unspecified atom stereocenters. The van der Waals surface area contributed by atoms with E-state index in [4.69, 9.17) is 10.5 Å². The van der Waals surface area contributed by atoms with E-state index in [1.807, 2.05) is 0 Å². The molecule has 0 radical (unpaired) electrons. The fourth-order valence-corrected chi connectivity index (χ4v) is 2.09. The van der Waals surface area contributed by atoms with Gasteiger partial charge in [-0.3, -0.25) is 4.79 Å². The van der Waals surface area contributed by atoms with E-state index in [1.54, 1.807) is 0 Å².